The van der Waals surface area contributed by atoms with E-state index >= 15 is 0 Å². The molecule has 2 nitrogen and oxygen atoms in total. The minimum Gasteiger partial charge on any atom is -0.376 e. The molecule has 2 heteroatoms. The molecule has 0 saturated carbocycles. The Morgan fingerprint density at radius 1 is 0.821 bits per heavy atom. The van der Waals surface area contributed by atoms with E-state index in [4.69, 9.17) is 4.74 Å². The first-order chi connectivity index (χ1) is 13.7. The highest BCUT2D eigenvalue weighted by Gasteiger charge is 2.30. The van der Waals surface area contributed by atoms with Gasteiger partial charge in [0.1, 0.15) is 0 Å². The van der Waals surface area contributed by atoms with Crippen LogP contribution in [0, 0.1) is 5.92 Å². The third-order valence-electron chi connectivity index (χ3n) is 5.84. The number of nitrogens with zero attached hydrogens (tertiary/aromatic N) is 1. The molecule has 0 aromatic heterocycles. The summed E-state index contributed by atoms with van der Waals surface area (Å²) in [6, 6.07) is 26.3. The molecular formula is C26H29NO. The van der Waals surface area contributed by atoms with Crippen LogP contribution in [0.5, 0.6) is 0 Å². The molecule has 144 valence electrons. The van der Waals surface area contributed by atoms with Crippen LogP contribution < -0.4 is 0 Å². The maximum Gasteiger partial charge on any atom is 0.0864 e. The average molecular weight is 372 g/mol. The highest BCUT2D eigenvalue weighted by Crippen LogP contribution is 2.39. The average Bonchev–Trinajstić information content (AvgIpc) is 2.73. The number of aryl methyl sites for hydroxylation is 1. The van der Waals surface area contributed by atoms with Gasteiger partial charge >= 0.3 is 0 Å². The number of fused-ring (bicyclic) bond motifs is 1. The van der Waals surface area contributed by atoms with Crippen LogP contribution in [0.1, 0.15) is 23.7 Å². The molecule has 0 saturated heterocycles. The molecular weight excluding hydrogens is 342 g/mol. The molecule has 2 atom stereocenters. The maximum atomic E-state index is 5.91. The minimum absolute atomic E-state index is 0.195. The van der Waals surface area contributed by atoms with E-state index in [2.05, 4.69) is 91.8 Å². The molecule has 0 bridgehead atoms. The van der Waals surface area contributed by atoms with E-state index in [0.29, 0.717) is 5.92 Å². The highest BCUT2D eigenvalue weighted by atomic mass is 16.5. The largest absolute Gasteiger partial charge is 0.376 e. The van der Waals surface area contributed by atoms with Crippen LogP contribution in [0.2, 0.25) is 0 Å². The molecule has 0 aliphatic heterocycles. The first-order valence-corrected chi connectivity index (χ1v) is 10.1. The predicted molar refractivity (Wildman–Crippen MR) is 117 cm³/mol. The lowest BCUT2D eigenvalue weighted by Crippen LogP contribution is -2.31. The normalized spacial score (nSPS) is 18.9. The number of benzene rings is 3. The Labute approximate surface area is 168 Å². The molecule has 0 spiro atoms. The first kappa shape index (κ1) is 18.9. The van der Waals surface area contributed by atoms with Gasteiger partial charge in [0.05, 0.1) is 6.10 Å². The van der Waals surface area contributed by atoms with Crippen LogP contribution in [0.25, 0.3) is 22.3 Å². The number of ether oxygens (including phenoxy) is 1. The van der Waals surface area contributed by atoms with Crippen molar-refractivity contribution in [2.24, 2.45) is 5.92 Å². The first-order valence-electron chi connectivity index (χ1n) is 10.1. The van der Waals surface area contributed by atoms with Gasteiger partial charge in [-0.1, -0.05) is 72.8 Å². The molecule has 3 aromatic carbocycles. The Hall–Kier alpha value is -2.42. The van der Waals surface area contributed by atoms with Crippen molar-refractivity contribution in [1.82, 2.24) is 4.90 Å². The summed E-state index contributed by atoms with van der Waals surface area (Å²) in [6.07, 6.45) is 2.50. The molecule has 1 aliphatic rings. The maximum absolute atomic E-state index is 5.91. The van der Waals surface area contributed by atoms with Crippen molar-refractivity contribution in [1.29, 1.82) is 0 Å². The van der Waals surface area contributed by atoms with E-state index in [-0.39, 0.29) is 6.10 Å². The summed E-state index contributed by atoms with van der Waals surface area (Å²) >= 11 is 0. The van der Waals surface area contributed by atoms with Gasteiger partial charge in [-0.3, -0.25) is 0 Å². The van der Waals surface area contributed by atoms with Crippen molar-refractivity contribution in [3.8, 4) is 22.3 Å². The third-order valence-corrected chi connectivity index (χ3v) is 5.84. The fraction of sp³-hybridized carbons (Fsp3) is 0.308. The molecule has 28 heavy (non-hydrogen) atoms. The van der Waals surface area contributed by atoms with Gasteiger partial charge in [-0.25, -0.2) is 0 Å². The summed E-state index contributed by atoms with van der Waals surface area (Å²) in [5.74, 6) is 0.559. The molecule has 0 fully saturated rings. The predicted octanol–water partition coefficient (Wildman–Crippen LogP) is 5.83. The van der Waals surface area contributed by atoms with Crippen molar-refractivity contribution in [3.63, 3.8) is 0 Å². The Balaban J connectivity index is 1.59. The smallest absolute Gasteiger partial charge is 0.0864 e. The zero-order chi connectivity index (χ0) is 19.5. The van der Waals surface area contributed by atoms with Crippen LogP contribution in [-0.2, 0) is 11.2 Å². The Kier molecular flexibility index (Phi) is 5.61. The Bertz CT molecular complexity index is 915. The second kappa shape index (κ2) is 8.30. The lowest BCUT2D eigenvalue weighted by atomic mass is 9.80. The number of hydrogen-bond donors (Lipinski definition) is 0. The lowest BCUT2D eigenvalue weighted by Gasteiger charge is -2.34. The molecule has 0 N–H and O–H groups in total. The van der Waals surface area contributed by atoms with Crippen molar-refractivity contribution in [2.45, 2.75) is 18.9 Å². The molecule has 3 aromatic rings. The van der Waals surface area contributed by atoms with E-state index in [1.165, 1.54) is 39.8 Å². The second-order valence-corrected chi connectivity index (χ2v) is 8.07. The van der Waals surface area contributed by atoms with E-state index in [9.17, 15) is 0 Å². The summed E-state index contributed by atoms with van der Waals surface area (Å²) in [4.78, 5) is 2.27. The summed E-state index contributed by atoms with van der Waals surface area (Å²) in [5.41, 5.74) is 7.88. The van der Waals surface area contributed by atoms with E-state index < -0.39 is 0 Å². The van der Waals surface area contributed by atoms with Gasteiger partial charge in [-0.15, -0.1) is 0 Å². The fourth-order valence-electron chi connectivity index (χ4n) is 4.49. The third kappa shape index (κ3) is 3.89. The molecule has 0 radical (unpaired) electrons. The van der Waals surface area contributed by atoms with E-state index in [1.807, 2.05) is 7.11 Å². The van der Waals surface area contributed by atoms with Crippen molar-refractivity contribution < 1.29 is 4.74 Å². The van der Waals surface area contributed by atoms with Gasteiger partial charge in [0, 0.05) is 19.6 Å². The van der Waals surface area contributed by atoms with Crippen LogP contribution in [0.15, 0.2) is 72.8 Å². The van der Waals surface area contributed by atoms with E-state index in [0.717, 1.165) is 13.0 Å². The Morgan fingerprint density at radius 2 is 1.43 bits per heavy atom. The summed E-state index contributed by atoms with van der Waals surface area (Å²) in [7, 11) is 6.13. The number of hydrogen-bond acceptors (Lipinski definition) is 2. The van der Waals surface area contributed by atoms with Gasteiger partial charge in [0.2, 0.25) is 0 Å². The number of rotatable bonds is 5. The molecule has 0 heterocycles. The van der Waals surface area contributed by atoms with E-state index in [1.54, 1.807) is 0 Å². The van der Waals surface area contributed by atoms with Crippen LogP contribution in [-0.4, -0.2) is 32.6 Å². The van der Waals surface area contributed by atoms with Gasteiger partial charge in [0.25, 0.3) is 0 Å². The van der Waals surface area contributed by atoms with Crippen molar-refractivity contribution in [2.75, 3.05) is 27.7 Å². The molecule has 4 rings (SSSR count). The fourth-order valence-corrected chi connectivity index (χ4v) is 4.49. The van der Waals surface area contributed by atoms with Gasteiger partial charge in [-0.05, 0) is 60.3 Å². The van der Waals surface area contributed by atoms with Crippen molar-refractivity contribution >= 4 is 0 Å². The van der Waals surface area contributed by atoms with Gasteiger partial charge in [0.15, 0.2) is 0 Å². The summed E-state index contributed by atoms with van der Waals surface area (Å²) in [6.45, 7) is 1.07. The summed E-state index contributed by atoms with van der Waals surface area (Å²) < 4.78 is 5.91. The zero-order valence-electron chi connectivity index (χ0n) is 17.1. The molecule has 1 aliphatic carbocycles. The number of methoxy groups -OCH3 is 1. The van der Waals surface area contributed by atoms with Gasteiger partial charge in [-0.2, -0.15) is 0 Å². The quantitative estimate of drug-likeness (QED) is 0.559. The standard InChI is InChI=1S/C26H29NO/c1-27(2)18-24-14-13-23-17-22(15-16-25(23)26(24)28-3)21-11-9-20(10-12-21)19-7-5-4-6-8-19/h4-12,15-17,24,26H,13-14,18H2,1-3H3. The summed E-state index contributed by atoms with van der Waals surface area (Å²) in [5, 5.41) is 0. The minimum atomic E-state index is 0.195. The molecule has 2 unspecified atom stereocenters. The topological polar surface area (TPSA) is 12.5 Å². The van der Waals surface area contributed by atoms with Crippen LogP contribution >= 0.6 is 0 Å². The highest BCUT2D eigenvalue weighted by molar-refractivity contribution is 5.71. The lowest BCUT2D eigenvalue weighted by molar-refractivity contribution is 0.0299. The second-order valence-electron chi connectivity index (χ2n) is 8.07. The van der Waals surface area contributed by atoms with Crippen LogP contribution in [0.3, 0.4) is 0 Å². The van der Waals surface area contributed by atoms with Crippen molar-refractivity contribution in [3.05, 3.63) is 83.9 Å². The zero-order valence-corrected chi connectivity index (χ0v) is 17.1. The van der Waals surface area contributed by atoms with Crippen LogP contribution in [0.4, 0.5) is 0 Å². The Morgan fingerprint density at radius 3 is 2.07 bits per heavy atom. The monoisotopic (exact) mass is 371 g/mol. The SMILES string of the molecule is COC1c2ccc(-c3ccc(-c4ccccc4)cc3)cc2CCC1CN(C)C. The van der Waals surface area contributed by atoms with Gasteiger partial charge < -0.3 is 9.64 Å². The molecule has 0 amide bonds.